The van der Waals surface area contributed by atoms with Crippen molar-refractivity contribution in [2.45, 2.75) is 6.92 Å². The second kappa shape index (κ2) is 7.40. The molecule has 0 aliphatic carbocycles. The first-order valence-electron chi connectivity index (χ1n) is 8.01. The Labute approximate surface area is 151 Å². The molecule has 3 aromatic rings. The fraction of sp³-hybridized carbons (Fsp3) is 0.158. The molecule has 2 aromatic carbocycles. The van der Waals surface area contributed by atoms with Gasteiger partial charge < -0.3 is 10.2 Å². The van der Waals surface area contributed by atoms with E-state index in [1.54, 1.807) is 23.0 Å². The van der Waals surface area contributed by atoms with Gasteiger partial charge in [-0.3, -0.25) is 4.79 Å². The Balaban J connectivity index is 1.78. The Morgan fingerprint density at radius 3 is 2.76 bits per heavy atom. The molecule has 6 heteroatoms. The summed E-state index contributed by atoms with van der Waals surface area (Å²) < 4.78 is 1.60. The van der Waals surface area contributed by atoms with E-state index in [4.69, 9.17) is 11.6 Å². The number of aromatic nitrogens is 2. The second-order valence-corrected chi connectivity index (χ2v) is 6.02. The maximum atomic E-state index is 12.5. The molecular formula is C19H19ClN4O. The predicted octanol–water partition coefficient (Wildman–Crippen LogP) is 4.23. The Morgan fingerprint density at radius 1 is 1.20 bits per heavy atom. The Hall–Kier alpha value is -2.79. The molecule has 1 amide bonds. The van der Waals surface area contributed by atoms with E-state index in [2.05, 4.69) is 22.2 Å². The van der Waals surface area contributed by atoms with Gasteiger partial charge in [0.1, 0.15) is 0 Å². The van der Waals surface area contributed by atoms with Gasteiger partial charge in [0, 0.05) is 31.2 Å². The minimum atomic E-state index is -0.262. The van der Waals surface area contributed by atoms with Crippen molar-refractivity contribution in [1.29, 1.82) is 0 Å². The lowest BCUT2D eigenvalue weighted by Crippen LogP contribution is -2.17. The number of hydrogen-bond acceptors (Lipinski definition) is 3. The summed E-state index contributed by atoms with van der Waals surface area (Å²) in [5.74, 6) is -0.262. The number of carbonyl (C=O) groups is 1. The van der Waals surface area contributed by atoms with Gasteiger partial charge >= 0.3 is 0 Å². The first-order chi connectivity index (χ1) is 12.1. The van der Waals surface area contributed by atoms with Crippen LogP contribution in [-0.4, -0.2) is 29.3 Å². The molecule has 0 unspecified atom stereocenters. The Morgan fingerprint density at radius 2 is 2.00 bits per heavy atom. The van der Waals surface area contributed by atoms with Gasteiger partial charge in [0.2, 0.25) is 0 Å². The lowest BCUT2D eigenvalue weighted by Gasteiger charge is -2.17. The molecule has 0 aliphatic heterocycles. The number of anilines is 2. The number of halogens is 1. The van der Waals surface area contributed by atoms with Crippen molar-refractivity contribution in [3.05, 3.63) is 71.5 Å². The van der Waals surface area contributed by atoms with Crippen LogP contribution in [0.3, 0.4) is 0 Å². The van der Waals surface area contributed by atoms with Gasteiger partial charge in [-0.1, -0.05) is 29.8 Å². The molecule has 3 rings (SSSR count). The fourth-order valence-electron chi connectivity index (χ4n) is 2.42. The first kappa shape index (κ1) is 17.0. The summed E-state index contributed by atoms with van der Waals surface area (Å²) in [5, 5.41) is 7.78. The number of nitrogens with one attached hydrogen (secondary N) is 1. The van der Waals surface area contributed by atoms with E-state index in [1.165, 1.54) is 0 Å². The van der Waals surface area contributed by atoms with Crippen molar-refractivity contribution in [3.63, 3.8) is 0 Å². The van der Waals surface area contributed by atoms with Gasteiger partial charge in [-0.15, -0.1) is 0 Å². The molecule has 0 saturated heterocycles. The van der Waals surface area contributed by atoms with E-state index < -0.39 is 0 Å². The van der Waals surface area contributed by atoms with Crippen LogP contribution >= 0.6 is 11.6 Å². The standard InChI is InChI=1S/C19H19ClN4O/c1-3-23(2)15-8-6-7-14(13-15)21-19(25)17-11-12-24(22-17)18-10-5-4-9-16(18)20/h4-13H,3H2,1-2H3,(H,21,25). The molecule has 5 nitrogen and oxygen atoms in total. The van der Waals surface area contributed by atoms with E-state index in [1.807, 2.05) is 49.5 Å². The van der Waals surface area contributed by atoms with Crippen LogP contribution in [0.4, 0.5) is 11.4 Å². The third-order valence-corrected chi connectivity index (χ3v) is 4.26. The van der Waals surface area contributed by atoms with E-state index >= 15 is 0 Å². The number of nitrogens with zero attached hydrogens (tertiary/aromatic N) is 3. The Bertz CT molecular complexity index is 890. The molecule has 1 aromatic heterocycles. The third-order valence-electron chi connectivity index (χ3n) is 3.94. The van der Waals surface area contributed by atoms with Crippen molar-refractivity contribution in [2.75, 3.05) is 23.8 Å². The Kier molecular flexibility index (Phi) is 5.05. The highest BCUT2D eigenvalue weighted by Gasteiger charge is 2.12. The lowest BCUT2D eigenvalue weighted by molar-refractivity contribution is 0.102. The SMILES string of the molecule is CCN(C)c1cccc(NC(=O)c2ccn(-c3ccccc3Cl)n2)c1. The average molecular weight is 355 g/mol. The quantitative estimate of drug-likeness (QED) is 0.745. The molecule has 1 heterocycles. The number of carbonyl (C=O) groups excluding carboxylic acids is 1. The largest absolute Gasteiger partial charge is 0.375 e. The fourth-order valence-corrected chi connectivity index (χ4v) is 2.64. The smallest absolute Gasteiger partial charge is 0.276 e. The molecule has 128 valence electrons. The normalized spacial score (nSPS) is 10.5. The zero-order valence-electron chi connectivity index (χ0n) is 14.1. The van der Waals surface area contributed by atoms with Gasteiger partial charge in [0.25, 0.3) is 5.91 Å². The van der Waals surface area contributed by atoms with Crippen molar-refractivity contribution < 1.29 is 4.79 Å². The molecule has 25 heavy (non-hydrogen) atoms. The van der Waals surface area contributed by atoms with Crippen molar-refractivity contribution >= 4 is 28.9 Å². The highest BCUT2D eigenvalue weighted by Crippen LogP contribution is 2.20. The summed E-state index contributed by atoms with van der Waals surface area (Å²) >= 11 is 6.17. The molecule has 1 N–H and O–H groups in total. The summed E-state index contributed by atoms with van der Waals surface area (Å²) in [4.78, 5) is 14.6. The molecule has 0 spiro atoms. The van der Waals surface area contributed by atoms with E-state index in [0.717, 1.165) is 23.6 Å². The van der Waals surface area contributed by atoms with Crippen LogP contribution in [0.2, 0.25) is 5.02 Å². The van der Waals surface area contributed by atoms with E-state index in [0.29, 0.717) is 10.7 Å². The third kappa shape index (κ3) is 3.83. The molecule has 0 atom stereocenters. The highest BCUT2D eigenvalue weighted by atomic mass is 35.5. The van der Waals surface area contributed by atoms with Gasteiger partial charge in [0.05, 0.1) is 10.7 Å². The van der Waals surface area contributed by atoms with E-state index in [-0.39, 0.29) is 5.91 Å². The molecule has 0 aliphatic rings. The minimum Gasteiger partial charge on any atom is -0.375 e. The summed E-state index contributed by atoms with van der Waals surface area (Å²) in [6.07, 6.45) is 1.72. The van der Waals surface area contributed by atoms with E-state index in [9.17, 15) is 4.79 Å². The van der Waals surface area contributed by atoms with Crippen LogP contribution < -0.4 is 10.2 Å². The average Bonchev–Trinajstić information content (AvgIpc) is 3.11. The number of amides is 1. The van der Waals surface area contributed by atoms with Crippen LogP contribution in [-0.2, 0) is 0 Å². The lowest BCUT2D eigenvalue weighted by atomic mass is 10.2. The summed E-state index contributed by atoms with van der Waals surface area (Å²) in [6, 6.07) is 16.7. The topological polar surface area (TPSA) is 50.2 Å². The zero-order valence-corrected chi connectivity index (χ0v) is 14.9. The highest BCUT2D eigenvalue weighted by molar-refractivity contribution is 6.32. The maximum absolute atomic E-state index is 12.5. The summed E-state index contributed by atoms with van der Waals surface area (Å²) in [6.45, 7) is 2.96. The number of benzene rings is 2. The second-order valence-electron chi connectivity index (χ2n) is 5.62. The van der Waals surface area contributed by atoms with Gasteiger partial charge in [-0.25, -0.2) is 4.68 Å². The zero-order chi connectivity index (χ0) is 17.8. The maximum Gasteiger partial charge on any atom is 0.276 e. The van der Waals surface area contributed by atoms with Gasteiger partial charge in [0.15, 0.2) is 5.69 Å². The molecule has 0 saturated carbocycles. The molecule has 0 bridgehead atoms. The molecular weight excluding hydrogens is 336 g/mol. The monoisotopic (exact) mass is 354 g/mol. The van der Waals surface area contributed by atoms with Crippen LogP contribution in [0.1, 0.15) is 17.4 Å². The molecule has 0 fully saturated rings. The summed E-state index contributed by atoms with van der Waals surface area (Å²) in [5.41, 5.74) is 2.83. The summed E-state index contributed by atoms with van der Waals surface area (Å²) in [7, 11) is 2.01. The van der Waals surface area contributed by atoms with Crippen molar-refractivity contribution in [3.8, 4) is 5.69 Å². The van der Waals surface area contributed by atoms with Crippen molar-refractivity contribution in [1.82, 2.24) is 9.78 Å². The van der Waals surface area contributed by atoms with Gasteiger partial charge in [-0.05, 0) is 43.3 Å². The van der Waals surface area contributed by atoms with Crippen molar-refractivity contribution in [2.24, 2.45) is 0 Å². The van der Waals surface area contributed by atoms with Crippen LogP contribution in [0.15, 0.2) is 60.8 Å². The minimum absolute atomic E-state index is 0.262. The number of para-hydroxylation sites is 1. The molecule has 0 radical (unpaired) electrons. The van der Waals surface area contributed by atoms with Crippen LogP contribution in [0, 0.1) is 0 Å². The predicted molar refractivity (Wildman–Crippen MR) is 102 cm³/mol. The van der Waals surface area contributed by atoms with Gasteiger partial charge in [-0.2, -0.15) is 5.10 Å². The van der Waals surface area contributed by atoms with Crippen LogP contribution in [0.5, 0.6) is 0 Å². The van der Waals surface area contributed by atoms with Crippen LogP contribution in [0.25, 0.3) is 5.69 Å². The number of hydrogen-bond donors (Lipinski definition) is 1. The number of rotatable bonds is 5. The first-order valence-corrected chi connectivity index (χ1v) is 8.39.